The number of nitrogens with zero attached hydrogens (tertiary/aromatic N) is 4. The number of aryl methyl sites for hydroxylation is 2. The Balaban J connectivity index is 1.79. The van der Waals surface area contributed by atoms with Crippen molar-refractivity contribution in [2.75, 3.05) is 5.75 Å². The number of benzene rings is 1. The Labute approximate surface area is 174 Å². The highest BCUT2D eigenvalue weighted by molar-refractivity contribution is 7.99. The number of amides is 1. The molecule has 0 aliphatic rings. The minimum absolute atomic E-state index is 0.0116. The van der Waals surface area contributed by atoms with E-state index in [1.807, 2.05) is 52.0 Å². The van der Waals surface area contributed by atoms with Crippen LogP contribution in [0.2, 0.25) is 5.02 Å². The topological polar surface area (TPSA) is 72.2 Å². The average molecular weight is 418 g/mol. The van der Waals surface area contributed by atoms with Gasteiger partial charge in [0.1, 0.15) is 0 Å². The van der Waals surface area contributed by atoms with Gasteiger partial charge in [0.05, 0.1) is 5.75 Å². The smallest absolute Gasteiger partial charge is 0.253 e. The molecule has 3 rings (SSSR count). The lowest BCUT2D eigenvalue weighted by Crippen LogP contribution is -2.33. The van der Waals surface area contributed by atoms with Crippen molar-refractivity contribution < 1.29 is 4.79 Å². The quantitative estimate of drug-likeness (QED) is 0.588. The fraction of sp³-hybridized carbons (Fsp3) is 0.400. The average Bonchev–Trinajstić information content (AvgIpc) is 3.08. The Bertz CT molecular complexity index is 986. The molecule has 0 aliphatic heterocycles. The SMILES string of the molecule is CCC(C)NC(=O)CSc1nc2nc(C)c(Cc3ccc(Cl)cc3)c(C)n2n1. The number of halogens is 1. The third kappa shape index (κ3) is 4.83. The van der Waals surface area contributed by atoms with E-state index in [0.29, 0.717) is 10.9 Å². The maximum Gasteiger partial charge on any atom is 0.253 e. The number of carbonyl (C=O) groups is 1. The summed E-state index contributed by atoms with van der Waals surface area (Å²) in [5, 5.41) is 8.77. The predicted octanol–water partition coefficient (Wildman–Crippen LogP) is 3.99. The van der Waals surface area contributed by atoms with Crippen molar-refractivity contribution in [3.8, 4) is 0 Å². The molecule has 0 saturated heterocycles. The first-order valence-corrected chi connectivity index (χ1v) is 10.6. The summed E-state index contributed by atoms with van der Waals surface area (Å²) in [6, 6.07) is 7.99. The molecule has 0 radical (unpaired) electrons. The van der Waals surface area contributed by atoms with Crippen molar-refractivity contribution in [1.29, 1.82) is 0 Å². The zero-order valence-corrected chi connectivity index (χ0v) is 18.1. The summed E-state index contributed by atoms with van der Waals surface area (Å²) in [6.07, 6.45) is 1.65. The molecular formula is C20H24ClN5OS. The van der Waals surface area contributed by atoms with Crippen LogP contribution in [0.25, 0.3) is 5.78 Å². The summed E-state index contributed by atoms with van der Waals surface area (Å²) >= 11 is 7.30. The van der Waals surface area contributed by atoms with Gasteiger partial charge in [-0.25, -0.2) is 9.50 Å². The van der Waals surface area contributed by atoms with Gasteiger partial charge in [-0.05, 0) is 50.5 Å². The minimum Gasteiger partial charge on any atom is -0.353 e. The van der Waals surface area contributed by atoms with E-state index in [4.69, 9.17) is 11.6 Å². The molecule has 8 heteroatoms. The molecule has 0 spiro atoms. The Kier molecular flexibility index (Phi) is 6.57. The normalized spacial score (nSPS) is 12.3. The Morgan fingerprint density at radius 2 is 1.96 bits per heavy atom. The molecule has 148 valence electrons. The van der Waals surface area contributed by atoms with E-state index in [1.165, 1.54) is 11.8 Å². The van der Waals surface area contributed by atoms with Gasteiger partial charge in [0.15, 0.2) is 0 Å². The summed E-state index contributed by atoms with van der Waals surface area (Å²) < 4.78 is 1.76. The number of hydrogen-bond donors (Lipinski definition) is 1. The van der Waals surface area contributed by atoms with Crippen LogP contribution in [0.3, 0.4) is 0 Å². The molecular weight excluding hydrogens is 394 g/mol. The van der Waals surface area contributed by atoms with E-state index < -0.39 is 0 Å². The second-order valence-electron chi connectivity index (χ2n) is 6.84. The van der Waals surface area contributed by atoms with Gasteiger partial charge in [-0.3, -0.25) is 4.79 Å². The van der Waals surface area contributed by atoms with Gasteiger partial charge in [-0.2, -0.15) is 4.98 Å². The molecule has 1 aromatic carbocycles. The van der Waals surface area contributed by atoms with Crippen LogP contribution in [-0.2, 0) is 11.2 Å². The molecule has 0 bridgehead atoms. The summed E-state index contributed by atoms with van der Waals surface area (Å²) in [7, 11) is 0. The second-order valence-corrected chi connectivity index (χ2v) is 8.22. The van der Waals surface area contributed by atoms with E-state index >= 15 is 0 Å². The molecule has 1 amide bonds. The molecule has 2 aromatic heterocycles. The van der Waals surface area contributed by atoms with Crippen molar-refractivity contribution in [2.45, 2.75) is 51.7 Å². The lowest BCUT2D eigenvalue weighted by molar-refractivity contribution is -0.119. The highest BCUT2D eigenvalue weighted by atomic mass is 35.5. The van der Waals surface area contributed by atoms with Crippen molar-refractivity contribution in [1.82, 2.24) is 24.9 Å². The first-order chi connectivity index (χ1) is 13.4. The third-order valence-corrected chi connectivity index (χ3v) is 5.77. The summed E-state index contributed by atoms with van der Waals surface area (Å²) in [5.41, 5.74) is 4.21. The highest BCUT2D eigenvalue weighted by Gasteiger charge is 2.15. The van der Waals surface area contributed by atoms with Crippen LogP contribution in [0.15, 0.2) is 29.4 Å². The van der Waals surface area contributed by atoms with Gasteiger partial charge in [0.2, 0.25) is 11.1 Å². The number of nitrogens with one attached hydrogen (secondary N) is 1. The fourth-order valence-electron chi connectivity index (χ4n) is 2.86. The van der Waals surface area contributed by atoms with Gasteiger partial charge in [0, 0.05) is 28.9 Å². The molecule has 1 atom stereocenters. The Morgan fingerprint density at radius 1 is 1.25 bits per heavy atom. The van der Waals surface area contributed by atoms with Crippen LogP contribution in [-0.4, -0.2) is 37.3 Å². The number of carbonyl (C=O) groups excluding carboxylic acids is 1. The summed E-state index contributed by atoms with van der Waals surface area (Å²) in [6.45, 7) is 8.04. The number of aromatic nitrogens is 4. The van der Waals surface area contributed by atoms with E-state index in [9.17, 15) is 4.79 Å². The highest BCUT2D eigenvalue weighted by Crippen LogP contribution is 2.21. The summed E-state index contributed by atoms with van der Waals surface area (Å²) in [5.74, 6) is 0.832. The number of rotatable bonds is 7. The fourth-order valence-corrected chi connectivity index (χ4v) is 3.62. The zero-order chi connectivity index (χ0) is 20.3. The van der Waals surface area contributed by atoms with Crippen LogP contribution >= 0.6 is 23.4 Å². The van der Waals surface area contributed by atoms with Crippen molar-refractivity contribution in [3.05, 3.63) is 51.8 Å². The standard InChI is InChI=1S/C20H24ClN5OS/c1-5-12(2)22-18(27)11-28-20-24-19-23-13(3)17(14(4)26(19)25-20)10-15-6-8-16(21)9-7-15/h6-9,12H,5,10-11H2,1-4H3,(H,22,27). The van der Waals surface area contributed by atoms with Crippen molar-refractivity contribution in [2.24, 2.45) is 0 Å². The number of fused-ring (bicyclic) bond motifs is 1. The lowest BCUT2D eigenvalue weighted by atomic mass is 10.0. The Hall–Kier alpha value is -2.12. The van der Waals surface area contributed by atoms with E-state index in [1.54, 1.807) is 4.52 Å². The van der Waals surface area contributed by atoms with E-state index in [0.717, 1.165) is 40.4 Å². The lowest BCUT2D eigenvalue weighted by Gasteiger charge is -2.10. The molecule has 0 aliphatic carbocycles. The predicted molar refractivity (Wildman–Crippen MR) is 113 cm³/mol. The monoisotopic (exact) mass is 417 g/mol. The first-order valence-electron chi connectivity index (χ1n) is 9.26. The molecule has 0 saturated carbocycles. The molecule has 1 unspecified atom stereocenters. The molecule has 2 heterocycles. The van der Waals surface area contributed by atoms with Crippen LogP contribution < -0.4 is 5.32 Å². The first kappa shape index (κ1) is 20.6. The van der Waals surface area contributed by atoms with Gasteiger partial charge >= 0.3 is 0 Å². The maximum atomic E-state index is 12.0. The zero-order valence-electron chi connectivity index (χ0n) is 16.5. The molecule has 28 heavy (non-hydrogen) atoms. The molecule has 6 nitrogen and oxygen atoms in total. The van der Waals surface area contributed by atoms with Crippen LogP contribution in [0.5, 0.6) is 0 Å². The molecule has 3 aromatic rings. The second kappa shape index (κ2) is 8.92. The van der Waals surface area contributed by atoms with Crippen molar-refractivity contribution in [3.63, 3.8) is 0 Å². The van der Waals surface area contributed by atoms with Gasteiger partial charge in [0.25, 0.3) is 5.78 Å². The maximum absolute atomic E-state index is 12.0. The van der Waals surface area contributed by atoms with Gasteiger partial charge in [-0.15, -0.1) is 5.10 Å². The van der Waals surface area contributed by atoms with Crippen LogP contribution in [0.4, 0.5) is 0 Å². The number of hydrogen-bond acceptors (Lipinski definition) is 5. The largest absolute Gasteiger partial charge is 0.353 e. The third-order valence-electron chi connectivity index (χ3n) is 4.68. The molecule has 0 fully saturated rings. The minimum atomic E-state index is -0.0116. The van der Waals surface area contributed by atoms with Gasteiger partial charge < -0.3 is 5.32 Å². The van der Waals surface area contributed by atoms with Crippen LogP contribution in [0.1, 0.15) is 42.8 Å². The summed E-state index contributed by atoms with van der Waals surface area (Å²) in [4.78, 5) is 21.1. The Morgan fingerprint density at radius 3 is 2.64 bits per heavy atom. The number of thioether (sulfide) groups is 1. The van der Waals surface area contributed by atoms with E-state index in [-0.39, 0.29) is 17.7 Å². The molecule has 1 N–H and O–H groups in total. The van der Waals surface area contributed by atoms with E-state index in [2.05, 4.69) is 20.4 Å². The van der Waals surface area contributed by atoms with Gasteiger partial charge in [-0.1, -0.05) is 42.4 Å². The van der Waals surface area contributed by atoms with Crippen molar-refractivity contribution >= 4 is 35.0 Å². The van der Waals surface area contributed by atoms with Crippen LogP contribution in [0, 0.1) is 13.8 Å².